The molecule has 0 fully saturated rings. The van der Waals surface area contributed by atoms with E-state index in [1.165, 1.54) is 99.6 Å². The van der Waals surface area contributed by atoms with Gasteiger partial charge < -0.3 is 29.9 Å². The first-order chi connectivity index (χ1) is 37.5. The Kier molecular flexibility index (Phi) is 17.7. The maximum atomic E-state index is 3.73. The Balaban J connectivity index is 0.795. The molecule has 0 saturated heterocycles. The predicted octanol–water partition coefficient (Wildman–Crippen LogP) is 19.1. The standard InChI is InChI=1S/C61H58N6S9/c1-7-19-53-41(13-1)25-47(62-53)34-71-59(72-35-48-26-42-14-2-8-20-54(42)63-48)68-31-40(32-69-60(73-36-49-27-43-15-3-9-21-55(43)64-49)74-37-50-28-44-16-4-10-22-56(44)65-50)33-70-61(75-38-51-29-45-17-5-11-23-57(45)66-51)76-39-52-30-46-18-6-12-24-58(46)67-52/h1-30,40,59-67H,31-39H2. The molecule has 6 N–H and O–H groups in total. The summed E-state index contributed by atoms with van der Waals surface area (Å²) in [5.41, 5.74) is 15.0. The fraction of sp³-hybridized carbons (Fsp3) is 0.213. The highest BCUT2D eigenvalue weighted by Gasteiger charge is 2.23. The summed E-state index contributed by atoms with van der Waals surface area (Å²) in [6.45, 7) is 0. The summed E-state index contributed by atoms with van der Waals surface area (Å²) >= 11 is 18.9. The van der Waals surface area contributed by atoms with Crippen molar-refractivity contribution < 1.29 is 0 Å². The van der Waals surface area contributed by atoms with E-state index in [4.69, 9.17) is 0 Å². The molecule has 0 atom stereocenters. The van der Waals surface area contributed by atoms with Crippen molar-refractivity contribution in [1.82, 2.24) is 29.9 Å². The van der Waals surface area contributed by atoms with Crippen LogP contribution in [0.25, 0.3) is 65.4 Å². The van der Waals surface area contributed by atoms with Gasteiger partial charge in [0, 0.05) is 102 Å². The molecule has 0 amide bonds. The summed E-state index contributed by atoms with van der Waals surface area (Å²) in [7, 11) is 0. The van der Waals surface area contributed by atoms with E-state index in [1.54, 1.807) is 0 Å². The van der Waals surface area contributed by atoms with Gasteiger partial charge in [0.2, 0.25) is 0 Å². The number of benzene rings is 6. The van der Waals surface area contributed by atoms with Crippen LogP contribution in [0, 0.1) is 5.92 Å². The van der Waals surface area contributed by atoms with Gasteiger partial charge in [-0.05, 0) is 128 Å². The van der Waals surface area contributed by atoms with Crippen LogP contribution in [0.2, 0.25) is 0 Å². The molecule has 15 heteroatoms. The first kappa shape index (κ1) is 52.4. The van der Waals surface area contributed by atoms with Gasteiger partial charge in [-0.15, -0.1) is 106 Å². The summed E-state index contributed by atoms with van der Waals surface area (Å²) < 4.78 is 1.05. The molecule has 12 rings (SSSR count). The number of hydrogen-bond acceptors (Lipinski definition) is 9. The van der Waals surface area contributed by atoms with Gasteiger partial charge in [-0.25, -0.2) is 0 Å². The highest BCUT2D eigenvalue weighted by atomic mass is 32.3. The van der Waals surface area contributed by atoms with Crippen LogP contribution < -0.4 is 0 Å². The number of H-pyrrole nitrogens is 6. The molecule has 6 aromatic heterocycles. The lowest BCUT2D eigenvalue weighted by molar-refractivity contribution is 0.779. The number of para-hydroxylation sites is 6. The van der Waals surface area contributed by atoms with E-state index in [0.717, 1.165) is 51.8 Å². The van der Waals surface area contributed by atoms with Gasteiger partial charge in [0.1, 0.15) is 0 Å². The Morgan fingerprint density at radius 2 is 0.421 bits per heavy atom. The first-order valence-electron chi connectivity index (χ1n) is 25.5. The van der Waals surface area contributed by atoms with Crippen LogP contribution in [0.4, 0.5) is 0 Å². The van der Waals surface area contributed by atoms with E-state index in [2.05, 4.69) is 318 Å². The molecule has 0 bridgehead atoms. The molecule has 6 nitrogen and oxygen atoms in total. The second kappa shape index (κ2) is 25.7. The number of aromatic nitrogens is 6. The molecular weight excluding hydrogens is 1110 g/mol. The topological polar surface area (TPSA) is 94.7 Å². The third-order valence-electron chi connectivity index (χ3n) is 13.2. The summed E-state index contributed by atoms with van der Waals surface area (Å²) in [4.78, 5) is 22.4. The van der Waals surface area contributed by atoms with Gasteiger partial charge in [0.15, 0.2) is 0 Å². The fourth-order valence-electron chi connectivity index (χ4n) is 9.44. The molecule has 76 heavy (non-hydrogen) atoms. The lowest BCUT2D eigenvalue weighted by Crippen LogP contribution is -2.15. The van der Waals surface area contributed by atoms with Crippen molar-refractivity contribution in [3.63, 3.8) is 0 Å². The Morgan fingerprint density at radius 1 is 0.237 bits per heavy atom. The first-order valence-corrected chi connectivity index (χ1v) is 34.9. The van der Waals surface area contributed by atoms with E-state index < -0.39 is 0 Å². The lowest BCUT2D eigenvalue weighted by Gasteiger charge is -2.24. The molecule has 0 saturated carbocycles. The minimum absolute atomic E-state index is 0.350. The van der Waals surface area contributed by atoms with Crippen LogP contribution in [-0.2, 0) is 34.5 Å². The van der Waals surface area contributed by atoms with E-state index in [9.17, 15) is 0 Å². The second-order valence-electron chi connectivity index (χ2n) is 18.9. The van der Waals surface area contributed by atoms with Crippen LogP contribution >= 0.6 is 106 Å². The molecule has 12 aromatic rings. The minimum Gasteiger partial charge on any atom is -0.358 e. The third-order valence-corrected chi connectivity index (χ3v) is 27.8. The van der Waals surface area contributed by atoms with Gasteiger partial charge >= 0.3 is 0 Å². The van der Waals surface area contributed by atoms with Crippen molar-refractivity contribution in [2.45, 2.75) is 46.3 Å². The van der Waals surface area contributed by atoms with E-state index >= 15 is 0 Å². The van der Waals surface area contributed by atoms with E-state index in [1.807, 2.05) is 0 Å². The zero-order valence-electron chi connectivity index (χ0n) is 41.7. The van der Waals surface area contributed by atoms with Crippen molar-refractivity contribution in [2.24, 2.45) is 5.92 Å². The van der Waals surface area contributed by atoms with Crippen molar-refractivity contribution in [1.29, 1.82) is 0 Å². The Labute approximate surface area is 482 Å². The predicted molar refractivity (Wildman–Crippen MR) is 350 cm³/mol. The molecule has 386 valence electrons. The summed E-state index contributed by atoms with van der Waals surface area (Å²) in [5.74, 6) is 9.37. The highest BCUT2D eigenvalue weighted by Crippen LogP contribution is 2.45. The molecule has 6 heterocycles. The quantitative estimate of drug-likeness (QED) is 0.0282. The van der Waals surface area contributed by atoms with Gasteiger partial charge in [-0.2, -0.15) is 0 Å². The van der Waals surface area contributed by atoms with Crippen LogP contribution in [-0.4, -0.2) is 58.9 Å². The van der Waals surface area contributed by atoms with Crippen LogP contribution in [0.3, 0.4) is 0 Å². The second-order valence-corrected chi connectivity index (χ2v) is 31.5. The average molecular weight is 1160 g/mol. The van der Waals surface area contributed by atoms with Gasteiger partial charge in [-0.3, -0.25) is 0 Å². The zero-order valence-corrected chi connectivity index (χ0v) is 49.0. The van der Waals surface area contributed by atoms with Crippen molar-refractivity contribution in [2.75, 3.05) is 17.3 Å². The maximum Gasteiger partial charge on any atom is 0.0963 e. The van der Waals surface area contributed by atoms with Crippen molar-refractivity contribution in [3.8, 4) is 0 Å². The SMILES string of the molecule is c1ccc2[nH]c(CSC(SCc3cc4ccccc4[nH]3)SCC(CSC(SCc3cc4ccccc4[nH]3)SCc3cc4ccccc4[nH]3)CSC(SCc3cc4ccccc4[nH]3)SCc3cc4ccccc4[nH]3)cc2c1. The molecule has 0 radical (unpaired) electrons. The van der Waals surface area contributed by atoms with Crippen molar-refractivity contribution in [3.05, 3.63) is 216 Å². The van der Waals surface area contributed by atoms with Crippen LogP contribution in [0.5, 0.6) is 0 Å². The Bertz CT molecular complexity index is 2970. The third kappa shape index (κ3) is 13.7. The normalized spacial score (nSPS) is 12.3. The number of fused-ring (bicyclic) bond motifs is 6. The Morgan fingerprint density at radius 3 is 0.605 bits per heavy atom. The number of aromatic amines is 6. The van der Waals surface area contributed by atoms with Gasteiger partial charge in [0.25, 0.3) is 0 Å². The number of hydrogen-bond donors (Lipinski definition) is 6. The largest absolute Gasteiger partial charge is 0.358 e. The monoisotopic (exact) mass is 1160 g/mol. The summed E-state index contributed by atoms with van der Waals surface area (Å²) in [6, 6.07) is 66.0. The Hall–Kier alpha value is -4.29. The van der Waals surface area contributed by atoms with Gasteiger partial charge in [-0.1, -0.05) is 109 Å². The smallest absolute Gasteiger partial charge is 0.0963 e. The average Bonchev–Trinajstić information content (AvgIpc) is 4.33. The van der Waals surface area contributed by atoms with Gasteiger partial charge in [0.05, 0.1) is 11.7 Å². The molecular formula is C61H58N6S9. The molecule has 0 unspecified atom stereocenters. The molecule has 0 spiro atoms. The van der Waals surface area contributed by atoms with Crippen LogP contribution in [0.15, 0.2) is 182 Å². The summed E-state index contributed by atoms with van der Waals surface area (Å²) in [5, 5.41) is 7.67. The molecule has 6 aromatic carbocycles. The maximum absolute atomic E-state index is 3.73. The highest BCUT2D eigenvalue weighted by molar-refractivity contribution is 8.33. The van der Waals surface area contributed by atoms with E-state index in [-0.39, 0.29) is 0 Å². The summed E-state index contributed by atoms with van der Waals surface area (Å²) in [6.07, 6.45) is 0. The number of thioether (sulfide) groups is 9. The number of rotatable bonds is 27. The minimum atomic E-state index is 0.350. The molecule has 0 aliphatic heterocycles. The van der Waals surface area contributed by atoms with Crippen LogP contribution in [0.1, 0.15) is 34.2 Å². The van der Waals surface area contributed by atoms with Crippen molar-refractivity contribution >= 4 is 171 Å². The molecule has 0 aliphatic rings. The zero-order chi connectivity index (χ0) is 50.9. The van der Waals surface area contributed by atoms with E-state index in [0.29, 0.717) is 17.7 Å². The fourth-order valence-corrected chi connectivity index (χ4v) is 22.0. The number of nitrogens with one attached hydrogen (secondary N) is 6. The molecule has 0 aliphatic carbocycles. The lowest BCUT2D eigenvalue weighted by atomic mass is 10.2.